The van der Waals surface area contributed by atoms with Crippen LogP contribution in [0.5, 0.6) is 0 Å². The van der Waals surface area contributed by atoms with Crippen LogP contribution < -0.4 is 10.9 Å². The van der Waals surface area contributed by atoms with Gasteiger partial charge in [0, 0.05) is 17.1 Å². The average Bonchev–Trinajstić information content (AvgIpc) is 2.54. The maximum Gasteiger partial charge on any atom is 0.274 e. The second kappa shape index (κ2) is 6.62. The van der Waals surface area contributed by atoms with E-state index in [0.717, 1.165) is 16.8 Å². The van der Waals surface area contributed by atoms with Crippen molar-refractivity contribution in [2.75, 3.05) is 5.32 Å². The fraction of sp³-hybridized carbons (Fsp3) is 0.118. The van der Waals surface area contributed by atoms with Crippen LogP contribution in [0.3, 0.4) is 0 Å². The largest absolute Gasteiger partial charge is 0.324 e. The van der Waals surface area contributed by atoms with Crippen molar-refractivity contribution in [2.45, 2.75) is 13.3 Å². The Balaban J connectivity index is 1.80. The summed E-state index contributed by atoms with van der Waals surface area (Å²) in [5, 5.41) is 11.8. The van der Waals surface area contributed by atoms with Crippen molar-refractivity contribution >= 4 is 23.2 Å². The lowest BCUT2D eigenvalue weighted by molar-refractivity contribution is 0.874. The number of halogens is 1. The van der Waals surface area contributed by atoms with Crippen LogP contribution in [0.1, 0.15) is 16.8 Å². The van der Waals surface area contributed by atoms with Crippen LogP contribution in [0.2, 0.25) is 5.02 Å². The van der Waals surface area contributed by atoms with Crippen LogP contribution in [0.15, 0.2) is 53.3 Å². The van der Waals surface area contributed by atoms with E-state index in [-0.39, 0.29) is 5.56 Å². The third kappa shape index (κ3) is 3.76. The number of rotatable bonds is 4. The SMILES string of the molecule is Cc1cc(Cl)ccc1Nc1nnc(Cc2ccccc2)c(=O)[nH]1. The summed E-state index contributed by atoms with van der Waals surface area (Å²) in [5.41, 5.74) is 2.91. The van der Waals surface area contributed by atoms with Gasteiger partial charge in [-0.15, -0.1) is 10.2 Å². The first kappa shape index (κ1) is 15.2. The lowest BCUT2D eigenvalue weighted by atomic mass is 10.1. The van der Waals surface area contributed by atoms with Crippen LogP contribution in [-0.2, 0) is 6.42 Å². The van der Waals surface area contributed by atoms with Crippen molar-refractivity contribution in [3.05, 3.63) is 80.7 Å². The fourth-order valence-electron chi connectivity index (χ4n) is 2.22. The van der Waals surface area contributed by atoms with E-state index in [0.29, 0.717) is 23.1 Å². The van der Waals surface area contributed by atoms with Gasteiger partial charge in [-0.05, 0) is 36.2 Å². The van der Waals surface area contributed by atoms with Crippen molar-refractivity contribution < 1.29 is 0 Å². The maximum atomic E-state index is 12.2. The van der Waals surface area contributed by atoms with Crippen molar-refractivity contribution in [1.29, 1.82) is 0 Å². The van der Waals surface area contributed by atoms with E-state index in [9.17, 15) is 4.79 Å². The molecule has 2 aromatic carbocycles. The van der Waals surface area contributed by atoms with E-state index in [2.05, 4.69) is 20.5 Å². The first-order chi connectivity index (χ1) is 11.1. The number of aromatic nitrogens is 3. The molecule has 5 nitrogen and oxygen atoms in total. The molecule has 0 saturated heterocycles. The normalized spacial score (nSPS) is 10.5. The number of nitrogens with zero attached hydrogens (tertiary/aromatic N) is 2. The monoisotopic (exact) mass is 326 g/mol. The van der Waals surface area contributed by atoms with Gasteiger partial charge in [0.05, 0.1) is 0 Å². The molecular weight excluding hydrogens is 312 g/mol. The second-order valence-corrected chi connectivity index (χ2v) is 5.63. The van der Waals surface area contributed by atoms with Crippen LogP contribution >= 0.6 is 11.6 Å². The summed E-state index contributed by atoms with van der Waals surface area (Å²) in [5.74, 6) is 0.303. The molecule has 0 amide bonds. The molecule has 1 heterocycles. The fourth-order valence-corrected chi connectivity index (χ4v) is 2.44. The van der Waals surface area contributed by atoms with Gasteiger partial charge in [0.25, 0.3) is 5.56 Å². The van der Waals surface area contributed by atoms with E-state index in [1.54, 1.807) is 6.07 Å². The number of anilines is 2. The highest BCUT2D eigenvalue weighted by atomic mass is 35.5. The molecule has 0 aliphatic rings. The van der Waals surface area contributed by atoms with E-state index in [4.69, 9.17) is 11.6 Å². The predicted molar refractivity (Wildman–Crippen MR) is 91.4 cm³/mol. The zero-order valence-electron chi connectivity index (χ0n) is 12.5. The van der Waals surface area contributed by atoms with Crippen molar-refractivity contribution in [3.63, 3.8) is 0 Å². The number of hydrogen-bond donors (Lipinski definition) is 2. The number of aryl methyl sites for hydroxylation is 1. The molecule has 3 aromatic rings. The van der Waals surface area contributed by atoms with Crippen molar-refractivity contribution in [1.82, 2.24) is 15.2 Å². The number of hydrogen-bond acceptors (Lipinski definition) is 4. The quantitative estimate of drug-likeness (QED) is 0.770. The van der Waals surface area contributed by atoms with Gasteiger partial charge in [0.15, 0.2) is 0 Å². The van der Waals surface area contributed by atoms with Crippen LogP contribution in [0.4, 0.5) is 11.6 Å². The molecule has 0 aliphatic carbocycles. The third-order valence-electron chi connectivity index (χ3n) is 3.42. The first-order valence-corrected chi connectivity index (χ1v) is 7.52. The minimum Gasteiger partial charge on any atom is -0.324 e. The van der Waals surface area contributed by atoms with E-state index in [1.165, 1.54) is 0 Å². The van der Waals surface area contributed by atoms with Gasteiger partial charge in [-0.1, -0.05) is 41.9 Å². The van der Waals surface area contributed by atoms with E-state index >= 15 is 0 Å². The molecule has 1 aromatic heterocycles. The molecule has 0 fully saturated rings. The number of aromatic amines is 1. The standard InChI is InChI=1S/C17H15ClN4O/c1-11-9-13(18)7-8-14(11)19-17-20-16(23)15(21-22-17)10-12-5-3-2-4-6-12/h2-9H,10H2,1H3,(H2,19,20,22,23). The van der Waals surface area contributed by atoms with Crippen molar-refractivity contribution in [3.8, 4) is 0 Å². The predicted octanol–water partition coefficient (Wildman–Crippen LogP) is 3.46. The molecule has 23 heavy (non-hydrogen) atoms. The molecule has 0 saturated carbocycles. The molecule has 0 bridgehead atoms. The van der Waals surface area contributed by atoms with Gasteiger partial charge in [0.1, 0.15) is 5.69 Å². The molecule has 116 valence electrons. The third-order valence-corrected chi connectivity index (χ3v) is 3.66. The maximum absolute atomic E-state index is 12.2. The van der Waals surface area contributed by atoms with Gasteiger partial charge < -0.3 is 5.32 Å². The molecule has 3 rings (SSSR count). The first-order valence-electron chi connectivity index (χ1n) is 7.15. The van der Waals surface area contributed by atoms with Crippen LogP contribution in [0, 0.1) is 6.92 Å². The minimum absolute atomic E-state index is 0.252. The Morgan fingerprint density at radius 1 is 1.13 bits per heavy atom. The van der Waals surface area contributed by atoms with Gasteiger partial charge in [0.2, 0.25) is 5.95 Å². The lowest BCUT2D eigenvalue weighted by Gasteiger charge is -2.08. The smallest absolute Gasteiger partial charge is 0.274 e. The Labute approximate surface area is 138 Å². The average molecular weight is 327 g/mol. The summed E-state index contributed by atoms with van der Waals surface area (Å²) in [7, 11) is 0. The summed E-state index contributed by atoms with van der Waals surface area (Å²) in [6, 6.07) is 15.1. The Morgan fingerprint density at radius 2 is 1.91 bits per heavy atom. The highest BCUT2D eigenvalue weighted by Gasteiger charge is 2.07. The van der Waals surface area contributed by atoms with Crippen LogP contribution in [-0.4, -0.2) is 15.2 Å². The molecule has 6 heteroatoms. The number of nitrogens with one attached hydrogen (secondary N) is 2. The summed E-state index contributed by atoms with van der Waals surface area (Å²) in [6.07, 6.45) is 0.448. The van der Waals surface area contributed by atoms with E-state index in [1.807, 2.05) is 49.4 Å². The highest BCUT2D eigenvalue weighted by Crippen LogP contribution is 2.21. The minimum atomic E-state index is -0.252. The topological polar surface area (TPSA) is 70.7 Å². The number of benzene rings is 2. The Morgan fingerprint density at radius 3 is 2.61 bits per heavy atom. The summed E-state index contributed by atoms with van der Waals surface area (Å²) < 4.78 is 0. The Hall–Kier alpha value is -2.66. The van der Waals surface area contributed by atoms with E-state index < -0.39 is 0 Å². The summed E-state index contributed by atoms with van der Waals surface area (Å²) in [6.45, 7) is 1.92. The zero-order valence-corrected chi connectivity index (χ0v) is 13.3. The van der Waals surface area contributed by atoms with Crippen molar-refractivity contribution in [2.24, 2.45) is 0 Å². The second-order valence-electron chi connectivity index (χ2n) is 5.20. The Bertz CT molecular complexity index is 877. The van der Waals surface area contributed by atoms with Gasteiger partial charge in [-0.25, -0.2) is 0 Å². The van der Waals surface area contributed by atoms with Gasteiger partial charge in [-0.3, -0.25) is 9.78 Å². The van der Waals surface area contributed by atoms with Crippen LogP contribution in [0.25, 0.3) is 0 Å². The molecule has 0 radical (unpaired) electrons. The molecule has 0 spiro atoms. The molecule has 0 atom stereocenters. The van der Waals surface area contributed by atoms with Gasteiger partial charge >= 0.3 is 0 Å². The zero-order chi connectivity index (χ0) is 16.2. The Kier molecular flexibility index (Phi) is 4.39. The van der Waals surface area contributed by atoms with Gasteiger partial charge in [-0.2, -0.15) is 0 Å². The number of H-pyrrole nitrogens is 1. The molecule has 0 unspecified atom stereocenters. The lowest BCUT2D eigenvalue weighted by Crippen LogP contribution is -2.19. The molecule has 2 N–H and O–H groups in total. The summed E-state index contributed by atoms with van der Waals surface area (Å²) in [4.78, 5) is 14.9. The molecule has 0 aliphatic heterocycles. The molecular formula is C17H15ClN4O. The highest BCUT2D eigenvalue weighted by molar-refractivity contribution is 6.30. The summed E-state index contributed by atoms with van der Waals surface area (Å²) >= 11 is 5.93.